The maximum atomic E-state index is 4.83. The lowest BCUT2D eigenvalue weighted by atomic mass is 10.0. The van der Waals surface area contributed by atoms with E-state index in [1.54, 1.807) is 17.5 Å². The first kappa shape index (κ1) is 20.6. The van der Waals surface area contributed by atoms with Crippen LogP contribution in [0.3, 0.4) is 0 Å². The third-order valence-electron chi connectivity index (χ3n) is 5.36. The van der Waals surface area contributed by atoms with Crippen LogP contribution in [0.4, 0.5) is 0 Å². The summed E-state index contributed by atoms with van der Waals surface area (Å²) in [5.74, 6) is 0.901. The largest absolute Gasteiger partial charge is 0.357 e. The molecule has 3 aromatic rings. The number of hydrogen-bond acceptors (Lipinski definition) is 4. The molecule has 1 aliphatic rings. The average Bonchev–Trinajstić information content (AvgIpc) is 3.48. The van der Waals surface area contributed by atoms with Crippen molar-refractivity contribution in [3.8, 4) is 5.69 Å². The average molecular weight is 423 g/mol. The van der Waals surface area contributed by atoms with E-state index >= 15 is 0 Å². The number of nitrogens with one attached hydrogen (secondary N) is 2. The number of hydrogen-bond donors (Lipinski definition) is 2. The van der Waals surface area contributed by atoms with Crippen LogP contribution in [0.1, 0.15) is 30.9 Å². The Hall–Kier alpha value is -2.64. The lowest BCUT2D eigenvalue weighted by Crippen LogP contribution is -2.48. The van der Waals surface area contributed by atoms with Crippen LogP contribution in [-0.4, -0.2) is 46.3 Å². The van der Waals surface area contributed by atoms with Gasteiger partial charge in [0.05, 0.1) is 12.2 Å². The van der Waals surface area contributed by atoms with Crippen molar-refractivity contribution in [2.75, 3.05) is 19.6 Å². The normalized spacial score (nSPS) is 16.0. The van der Waals surface area contributed by atoms with E-state index in [9.17, 15) is 0 Å². The Labute approximate surface area is 182 Å². The summed E-state index contributed by atoms with van der Waals surface area (Å²) < 4.78 is 1.88. The van der Waals surface area contributed by atoms with E-state index in [1.165, 1.54) is 11.1 Å². The molecule has 30 heavy (non-hydrogen) atoms. The first-order chi connectivity index (χ1) is 14.8. The van der Waals surface area contributed by atoms with Gasteiger partial charge >= 0.3 is 0 Å². The zero-order chi connectivity index (χ0) is 20.6. The molecule has 1 aromatic carbocycles. The molecule has 1 saturated heterocycles. The molecule has 0 radical (unpaired) electrons. The van der Waals surface area contributed by atoms with Crippen LogP contribution in [0.15, 0.2) is 64.5 Å². The Kier molecular flexibility index (Phi) is 7.16. The molecule has 3 heterocycles. The second-order valence-electron chi connectivity index (χ2n) is 7.64. The lowest BCUT2D eigenvalue weighted by molar-refractivity contribution is 0.198. The van der Waals surface area contributed by atoms with Gasteiger partial charge in [-0.05, 0) is 65.9 Å². The fourth-order valence-corrected chi connectivity index (χ4v) is 4.44. The zero-order valence-corrected chi connectivity index (χ0v) is 18.3. The van der Waals surface area contributed by atoms with Crippen LogP contribution in [0.5, 0.6) is 0 Å². The summed E-state index contributed by atoms with van der Waals surface area (Å²) >= 11 is 1.78. The number of rotatable bonds is 7. The fourth-order valence-electron chi connectivity index (χ4n) is 3.78. The minimum Gasteiger partial charge on any atom is -0.357 e. The van der Waals surface area contributed by atoms with Gasteiger partial charge in [0, 0.05) is 44.6 Å². The summed E-state index contributed by atoms with van der Waals surface area (Å²) in [5.41, 5.74) is 3.66. The van der Waals surface area contributed by atoms with Crippen LogP contribution >= 0.6 is 11.3 Å². The maximum absolute atomic E-state index is 4.83. The summed E-state index contributed by atoms with van der Waals surface area (Å²) in [6.07, 6.45) is 6.04. The van der Waals surface area contributed by atoms with Crippen LogP contribution < -0.4 is 10.6 Å². The predicted octanol–water partition coefficient (Wildman–Crippen LogP) is 3.65. The van der Waals surface area contributed by atoms with Crippen molar-refractivity contribution < 1.29 is 0 Å². The van der Waals surface area contributed by atoms with Gasteiger partial charge in [-0.3, -0.25) is 4.90 Å². The highest BCUT2D eigenvalue weighted by atomic mass is 32.1. The number of aromatic nitrogens is 2. The number of aliphatic imine (C=N–C) groups is 1. The topological polar surface area (TPSA) is 57.5 Å². The van der Waals surface area contributed by atoms with Gasteiger partial charge in [0.25, 0.3) is 0 Å². The Morgan fingerprint density at radius 3 is 2.83 bits per heavy atom. The van der Waals surface area contributed by atoms with E-state index in [1.807, 2.05) is 16.9 Å². The maximum Gasteiger partial charge on any atom is 0.191 e. The fraction of sp³-hybridized carbons (Fsp3) is 0.391. The SMILES string of the molecule is CCNC(=NCc1cccc(-n2cccn2)c1)NC1CCN(Cc2ccsc2)CC1. The van der Waals surface area contributed by atoms with Crippen molar-refractivity contribution in [1.82, 2.24) is 25.3 Å². The molecule has 0 amide bonds. The molecule has 1 fully saturated rings. The van der Waals surface area contributed by atoms with Gasteiger partial charge in [0.1, 0.15) is 0 Å². The molecule has 0 unspecified atom stereocenters. The highest BCUT2D eigenvalue weighted by Gasteiger charge is 2.20. The molecule has 158 valence electrons. The summed E-state index contributed by atoms with van der Waals surface area (Å²) in [7, 11) is 0. The molecule has 0 aliphatic carbocycles. The molecule has 7 heteroatoms. The Bertz CT molecular complexity index is 911. The minimum absolute atomic E-state index is 0.469. The van der Waals surface area contributed by atoms with E-state index in [4.69, 9.17) is 4.99 Å². The lowest BCUT2D eigenvalue weighted by Gasteiger charge is -2.33. The van der Waals surface area contributed by atoms with Crippen molar-refractivity contribution in [2.45, 2.75) is 38.9 Å². The highest BCUT2D eigenvalue weighted by molar-refractivity contribution is 7.07. The highest BCUT2D eigenvalue weighted by Crippen LogP contribution is 2.16. The molecule has 0 saturated carbocycles. The van der Waals surface area contributed by atoms with Crippen molar-refractivity contribution in [3.63, 3.8) is 0 Å². The molecular formula is C23H30N6S. The van der Waals surface area contributed by atoms with E-state index in [0.29, 0.717) is 12.6 Å². The van der Waals surface area contributed by atoms with Gasteiger partial charge in [-0.1, -0.05) is 12.1 Å². The number of guanidine groups is 1. The first-order valence-corrected chi connectivity index (χ1v) is 11.6. The van der Waals surface area contributed by atoms with Gasteiger partial charge in [-0.25, -0.2) is 9.67 Å². The molecule has 0 atom stereocenters. The van der Waals surface area contributed by atoms with Gasteiger partial charge in [0.2, 0.25) is 0 Å². The van der Waals surface area contributed by atoms with Crippen LogP contribution in [0.25, 0.3) is 5.69 Å². The molecular weight excluding hydrogens is 392 g/mol. The quantitative estimate of drug-likeness (QED) is 0.451. The number of likely N-dealkylation sites (tertiary alicyclic amines) is 1. The molecule has 0 bridgehead atoms. The van der Waals surface area contributed by atoms with Gasteiger partial charge in [-0.15, -0.1) is 0 Å². The number of thiophene rings is 1. The van der Waals surface area contributed by atoms with Crippen molar-refractivity contribution >= 4 is 17.3 Å². The molecule has 0 spiro atoms. The summed E-state index contributed by atoms with van der Waals surface area (Å²) in [6, 6.07) is 13.0. The van der Waals surface area contributed by atoms with Crippen LogP contribution in [0, 0.1) is 0 Å². The van der Waals surface area contributed by atoms with E-state index < -0.39 is 0 Å². The van der Waals surface area contributed by atoms with Crippen molar-refractivity contribution in [2.24, 2.45) is 4.99 Å². The summed E-state index contributed by atoms with van der Waals surface area (Å²) in [6.45, 7) is 6.92. The van der Waals surface area contributed by atoms with Gasteiger partial charge in [0.15, 0.2) is 5.96 Å². The Morgan fingerprint density at radius 1 is 1.20 bits per heavy atom. The van der Waals surface area contributed by atoms with Gasteiger partial charge < -0.3 is 10.6 Å². The molecule has 6 nitrogen and oxygen atoms in total. The monoisotopic (exact) mass is 422 g/mol. The third kappa shape index (κ3) is 5.70. The number of piperidine rings is 1. The Morgan fingerprint density at radius 2 is 2.10 bits per heavy atom. The van der Waals surface area contributed by atoms with E-state index in [-0.39, 0.29) is 0 Å². The summed E-state index contributed by atoms with van der Waals surface area (Å²) in [4.78, 5) is 7.38. The smallest absolute Gasteiger partial charge is 0.191 e. The molecule has 2 N–H and O–H groups in total. The molecule has 4 rings (SSSR count). The number of benzene rings is 1. The second-order valence-corrected chi connectivity index (χ2v) is 8.42. The molecule has 1 aliphatic heterocycles. The molecule has 2 aromatic heterocycles. The summed E-state index contributed by atoms with van der Waals surface area (Å²) in [5, 5.41) is 15.8. The standard InChI is InChI=1S/C23H30N6S/c1-2-24-23(25-16-19-5-3-6-22(15-19)29-11-4-10-26-29)27-21-7-12-28(13-8-21)17-20-9-14-30-18-20/h3-6,9-11,14-15,18,21H,2,7-8,12-13,16-17H2,1H3,(H2,24,25,27). The predicted molar refractivity (Wildman–Crippen MR) is 124 cm³/mol. The van der Waals surface area contributed by atoms with Crippen molar-refractivity contribution in [3.05, 3.63) is 70.7 Å². The zero-order valence-electron chi connectivity index (χ0n) is 17.5. The van der Waals surface area contributed by atoms with E-state index in [2.05, 4.69) is 68.6 Å². The van der Waals surface area contributed by atoms with Gasteiger partial charge in [-0.2, -0.15) is 16.4 Å². The minimum atomic E-state index is 0.469. The van der Waals surface area contributed by atoms with Crippen molar-refractivity contribution in [1.29, 1.82) is 0 Å². The van der Waals surface area contributed by atoms with Crippen LogP contribution in [0.2, 0.25) is 0 Å². The number of nitrogens with zero attached hydrogens (tertiary/aromatic N) is 4. The Balaban J connectivity index is 1.31. The second kappa shape index (κ2) is 10.4. The van der Waals surface area contributed by atoms with Crippen LogP contribution in [-0.2, 0) is 13.1 Å². The first-order valence-electron chi connectivity index (χ1n) is 10.7. The third-order valence-corrected chi connectivity index (χ3v) is 6.09. The van der Waals surface area contributed by atoms with E-state index in [0.717, 1.165) is 50.7 Å².